The summed E-state index contributed by atoms with van der Waals surface area (Å²) in [5.74, 6) is 2.23. The van der Waals surface area contributed by atoms with Gasteiger partial charge in [0.25, 0.3) is 5.89 Å². The summed E-state index contributed by atoms with van der Waals surface area (Å²) in [6.07, 6.45) is 0. The Hall–Kier alpha value is -3.94. The van der Waals surface area contributed by atoms with Crippen molar-refractivity contribution in [2.45, 2.75) is 0 Å². The number of hydrogen-bond acceptors (Lipinski definition) is 8. The normalized spacial score (nSPS) is 10.6. The first-order valence-corrected chi connectivity index (χ1v) is 8.45. The molecule has 4 rings (SSSR count). The molecule has 0 atom stereocenters. The summed E-state index contributed by atoms with van der Waals surface area (Å²) in [6.45, 7) is 0. The lowest BCUT2D eigenvalue weighted by atomic mass is 10.2. The maximum Gasteiger partial charge on any atom is 0.267 e. The van der Waals surface area contributed by atoms with E-state index < -0.39 is 0 Å². The number of anilines is 1. The van der Waals surface area contributed by atoms with E-state index in [0.717, 1.165) is 16.9 Å². The Morgan fingerprint density at radius 2 is 1.50 bits per heavy atom. The second-order valence-electron chi connectivity index (χ2n) is 5.83. The van der Waals surface area contributed by atoms with Crippen LogP contribution in [0.25, 0.3) is 34.2 Å². The Labute approximate surface area is 161 Å². The maximum absolute atomic E-state index is 6.18. The van der Waals surface area contributed by atoms with E-state index in [2.05, 4.69) is 20.1 Å². The summed E-state index contributed by atoms with van der Waals surface area (Å²) < 4.78 is 16.0. The molecule has 140 valence electrons. The second-order valence-corrected chi connectivity index (χ2v) is 5.83. The van der Waals surface area contributed by atoms with E-state index in [0.29, 0.717) is 17.2 Å². The van der Waals surface area contributed by atoms with E-state index in [1.54, 1.807) is 7.11 Å². The van der Waals surface area contributed by atoms with Gasteiger partial charge in [0.05, 0.1) is 14.2 Å². The van der Waals surface area contributed by atoms with Gasteiger partial charge in [-0.15, -0.1) is 0 Å². The van der Waals surface area contributed by atoms with Crippen molar-refractivity contribution in [3.63, 3.8) is 0 Å². The van der Waals surface area contributed by atoms with Crippen LogP contribution >= 0.6 is 0 Å². The predicted molar refractivity (Wildman–Crippen MR) is 104 cm³/mol. The molecule has 8 nitrogen and oxygen atoms in total. The third kappa shape index (κ3) is 3.23. The van der Waals surface area contributed by atoms with Crippen molar-refractivity contribution in [2.24, 2.45) is 0 Å². The molecule has 0 aliphatic carbocycles. The molecule has 0 amide bonds. The van der Waals surface area contributed by atoms with Crippen LogP contribution in [0.4, 0.5) is 5.82 Å². The highest BCUT2D eigenvalue weighted by molar-refractivity contribution is 5.75. The van der Waals surface area contributed by atoms with Gasteiger partial charge in [-0.05, 0) is 24.3 Å². The van der Waals surface area contributed by atoms with Crippen LogP contribution in [0, 0.1) is 0 Å². The van der Waals surface area contributed by atoms with E-state index >= 15 is 0 Å². The minimum Gasteiger partial charge on any atom is -0.497 e. The van der Waals surface area contributed by atoms with Crippen LogP contribution in [0.2, 0.25) is 0 Å². The average molecular weight is 375 g/mol. The largest absolute Gasteiger partial charge is 0.497 e. The monoisotopic (exact) mass is 375 g/mol. The van der Waals surface area contributed by atoms with Gasteiger partial charge in [0.2, 0.25) is 11.7 Å². The molecular weight excluding hydrogens is 358 g/mol. The lowest BCUT2D eigenvalue weighted by Gasteiger charge is -2.09. The van der Waals surface area contributed by atoms with Crippen LogP contribution in [0.3, 0.4) is 0 Å². The van der Waals surface area contributed by atoms with Crippen molar-refractivity contribution in [3.8, 4) is 45.9 Å². The number of nitrogen functional groups attached to an aromatic ring is 1. The molecule has 28 heavy (non-hydrogen) atoms. The fourth-order valence-corrected chi connectivity index (χ4v) is 2.70. The van der Waals surface area contributed by atoms with Crippen LogP contribution in [0.15, 0.2) is 59.1 Å². The summed E-state index contributed by atoms with van der Waals surface area (Å²) in [6, 6.07) is 16.8. The second kappa shape index (κ2) is 7.36. The molecule has 8 heteroatoms. The van der Waals surface area contributed by atoms with Crippen LogP contribution < -0.4 is 15.2 Å². The Kier molecular flexibility index (Phi) is 4.59. The van der Waals surface area contributed by atoms with Crippen molar-refractivity contribution in [2.75, 3.05) is 20.0 Å². The molecule has 0 saturated heterocycles. The third-order valence-corrected chi connectivity index (χ3v) is 4.12. The lowest BCUT2D eigenvalue weighted by Crippen LogP contribution is -2.03. The molecule has 0 spiro atoms. The third-order valence-electron chi connectivity index (χ3n) is 4.12. The number of benzene rings is 2. The fraction of sp³-hybridized carbons (Fsp3) is 0.100. The van der Waals surface area contributed by atoms with Crippen molar-refractivity contribution in [3.05, 3.63) is 54.6 Å². The number of hydrogen-bond donors (Lipinski definition) is 1. The van der Waals surface area contributed by atoms with Gasteiger partial charge in [-0.25, -0.2) is 4.98 Å². The Balaban J connectivity index is 1.74. The molecular formula is C20H17N5O3. The number of ether oxygens (including phenoxy) is 2. The van der Waals surface area contributed by atoms with Gasteiger partial charge in [-0.3, -0.25) is 0 Å². The summed E-state index contributed by atoms with van der Waals surface area (Å²) in [5, 5.41) is 4.02. The van der Waals surface area contributed by atoms with Crippen LogP contribution in [0.5, 0.6) is 11.6 Å². The highest BCUT2D eigenvalue weighted by Crippen LogP contribution is 2.34. The van der Waals surface area contributed by atoms with Crippen molar-refractivity contribution >= 4 is 5.82 Å². The molecule has 2 heterocycles. The van der Waals surface area contributed by atoms with E-state index in [1.165, 1.54) is 7.11 Å². The van der Waals surface area contributed by atoms with Crippen LogP contribution in [-0.2, 0) is 0 Å². The average Bonchev–Trinajstić information content (AvgIpc) is 3.23. The minimum atomic E-state index is 0.180. The first-order valence-electron chi connectivity index (χ1n) is 8.45. The quantitative estimate of drug-likeness (QED) is 0.565. The van der Waals surface area contributed by atoms with Crippen molar-refractivity contribution < 1.29 is 14.0 Å². The van der Waals surface area contributed by atoms with Crippen molar-refractivity contribution in [1.82, 2.24) is 20.1 Å². The fourth-order valence-electron chi connectivity index (χ4n) is 2.70. The van der Waals surface area contributed by atoms with Crippen molar-refractivity contribution in [1.29, 1.82) is 0 Å². The summed E-state index contributed by atoms with van der Waals surface area (Å²) in [7, 11) is 3.11. The van der Waals surface area contributed by atoms with Gasteiger partial charge in [0.15, 0.2) is 5.82 Å². The molecule has 0 aliphatic heterocycles. The molecule has 2 N–H and O–H groups in total. The van der Waals surface area contributed by atoms with Gasteiger partial charge < -0.3 is 19.7 Å². The minimum absolute atomic E-state index is 0.180. The zero-order valence-electron chi connectivity index (χ0n) is 15.3. The van der Waals surface area contributed by atoms with Gasteiger partial charge >= 0.3 is 0 Å². The smallest absolute Gasteiger partial charge is 0.267 e. The molecule has 0 aliphatic rings. The summed E-state index contributed by atoms with van der Waals surface area (Å²) in [4.78, 5) is 13.2. The molecule has 0 unspecified atom stereocenters. The first-order chi connectivity index (χ1) is 13.7. The predicted octanol–water partition coefficient (Wildman–Crippen LogP) is 3.46. The standard InChI is InChI=1S/C20H17N5O3/c1-26-14-10-8-13(9-11-14)18-24-20(28-25-18)15-16(21)22-17(23-19(15)27-2)12-6-4-3-5-7-12/h3-11H,1-2H3,(H2,21,22,23). The number of methoxy groups -OCH3 is 2. The maximum atomic E-state index is 6.18. The van der Waals surface area contributed by atoms with Gasteiger partial charge in [0.1, 0.15) is 17.1 Å². The zero-order valence-corrected chi connectivity index (χ0v) is 15.3. The summed E-state index contributed by atoms with van der Waals surface area (Å²) in [5.41, 5.74) is 8.13. The zero-order chi connectivity index (χ0) is 19.5. The van der Waals surface area contributed by atoms with E-state index in [1.807, 2.05) is 54.6 Å². The van der Waals surface area contributed by atoms with E-state index in [9.17, 15) is 0 Å². The van der Waals surface area contributed by atoms with Crippen LogP contribution in [0.1, 0.15) is 0 Å². The first kappa shape index (κ1) is 17.5. The number of aromatic nitrogens is 4. The van der Waals surface area contributed by atoms with Crippen LogP contribution in [-0.4, -0.2) is 34.3 Å². The Morgan fingerprint density at radius 1 is 0.786 bits per heavy atom. The molecule has 0 fully saturated rings. The number of nitrogens with zero attached hydrogens (tertiary/aromatic N) is 4. The highest BCUT2D eigenvalue weighted by Gasteiger charge is 2.22. The number of nitrogens with two attached hydrogens (primary N) is 1. The van der Waals surface area contributed by atoms with E-state index in [-0.39, 0.29) is 17.6 Å². The summed E-state index contributed by atoms with van der Waals surface area (Å²) >= 11 is 0. The molecule has 0 radical (unpaired) electrons. The van der Waals surface area contributed by atoms with Gasteiger partial charge in [0, 0.05) is 11.1 Å². The molecule has 2 aromatic heterocycles. The highest BCUT2D eigenvalue weighted by atomic mass is 16.5. The molecule has 0 bridgehead atoms. The Morgan fingerprint density at radius 3 is 2.18 bits per heavy atom. The van der Waals surface area contributed by atoms with Gasteiger partial charge in [-0.2, -0.15) is 9.97 Å². The topological polar surface area (TPSA) is 109 Å². The SMILES string of the molecule is COc1ccc(-c2noc(-c3c(N)nc(-c4ccccc4)nc3OC)n2)cc1. The van der Waals surface area contributed by atoms with E-state index in [4.69, 9.17) is 19.7 Å². The molecule has 2 aromatic carbocycles. The lowest BCUT2D eigenvalue weighted by molar-refractivity contribution is 0.392. The molecule has 4 aromatic rings. The Bertz CT molecular complexity index is 1090. The van der Waals surface area contributed by atoms with Gasteiger partial charge in [-0.1, -0.05) is 35.5 Å². The molecule has 0 saturated carbocycles. The number of rotatable bonds is 5.